The summed E-state index contributed by atoms with van der Waals surface area (Å²) in [5, 5.41) is 0. The molecule has 1 unspecified atom stereocenters. The van der Waals surface area contributed by atoms with Crippen molar-refractivity contribution >= 4 is 16.8 Å². The van der Waals surface area contributed by atoms with Crippen LogP contribution in [0.15, 0.2) is 60.7 Å². The molecule has 1 aliphatic heterocycles. The Bertz CT molecular complexity index is 1350. The third-order valence-electron chi connectivity index (χ3n) is 7.01. The fourth-order valence-corrected chi connectivity index (χ4v) is 5.01. The second-order valence-corrected chi connectivity index (χ2v) is 11.0. The summed E-state index contributed by atoms with van der Waals surface area (Å²) in [4.78, 5) is 13.4. The number of hydrogen-bond acceptors (Lipinski definition) is 4. The van der Waals surface area contributed by atoms with Gasteiger partial charge < -0.3 is 9.47 Å². The van der Waals surface area contributed by atoms with Crippen molar-refractivity contribution in [3.63, 3.8) is 0 Å². The normalized spacial score (nSPS) is 17.7. The number of halogens is 2. The van der Waals surface area contributed by atoms with E-state index in [0.29, 0.717) is 24.9 Å². The highest BCUT2D eigenvalue weighted by atomic mass is 32.2. The van der Waals surface area contributed by atoms with Gasteiger partial charge >= 0.3 is 6.29 Å². The first-order chi connectivity index (χ1) is 17.1. The molecular formula is C28H27F2NO4S. The Morgan fingerprint density at radius 1 is 0.972 bits per heavy atom. The van der Waals surface area contributed by atoms with Gasteiger partial charge in [0.05, 0.1) is 16.4 Å². The Labute approximate surface area is 211 Å². The van der Waals surface area contributed by atoms with Crippen LogP contribution in [0.2, 0.25) is 0 Å². The summed E-state index contributed by atoms with van der Waals surface area (Å²) < 4.78 is 49.3. The average molecular weight is 512 g/mol. The minimum atomic E-state index is -3.68. The molecule has 1 heterocycles. The van der Waals surface area contributed by atoms with Crippen LogP contribution in [0.1, 0.15) is 35.1 Å². The first-order valence-electron chi connectivity index (χ1n) is 11.7. The molecule has 36 heavy (non-hydrogen) atoms. The number of ether oxygens (including phenoxy) is 2. The third kappa shape index (κ3) is 4.80. The molecule has 1 aliphatic carbocycles. The minimum Gasteiger partial charge on any atom is -0.395 e. The van der Waals surface area contributed by atoms with Crippen LogP contribution in [-0.2, 0) is 34.2 Å². The highest BCUT2D eigenvalue weighted by Gasteiger charge is 2.52. The van der Waals surface area contributed by atoms with Crippen molar-refractivity contribution in [2.75, 3.05) is 13.3 Å². The van der Waals surface area contributed by atoms with Gasteiger partial charge in [0.25, 0.3) is 0 Å². The molecule has 8 heteroatoms. The van der Waals surface area contributed by atoms with Gasteiger partial charge in [-0.25, -0.2) is 8.51 Å². The van der Waals surface area contributed by atoms with Crippen molar-refractivity contribution in [3.05, 3.63) is 82.9 Å². The van der Waals surface area contributed by atoms with E-state index in [0.717, 1.165) is 27.8 Å². The van der Waals surface area contributed by atoms with Crippen molar-refractivity contribution in [1.82, 2.24) is 4.31 Å². The summed E-state index contributed by atoms with van der Waals surface area (Å²) >= 11 is 0. The van der Waals surface area contributed by atoms with E-state index in [-0.39, 0.29) is 23.7 Å². The zero-order valence-corrected chi connectivity index (χ0v) is 21.2. The number of alkyl halides is 2. The van der Waals surface area contributed by atoms with Gasteiger partial charge in [0, 0.05) is 26.3 Å². The van der Waals surface area contributed by atoms with Gasteiger partial charge in [-0.2, -0.15) is 0 Å². The molecule has 2 aliphatic rings. The van der Waals surface area contributed by atoms with Gasteiger partial charge in [-0.15, -0.1) is 8.78 Å². The number of ketones is 1. The van der Waals surface area contributed by atoms with Crippen LogP contribution in [-0.4, -0.2) is 33.9 Å². The van der Waals surface area contributed by atoms with Gasteiger partial charge in [-0.05, 0) is 65.3 Å². The predicted octanol–water partition coefficient (Wildman–Crippen LogP) is 5.55. The second kappa shape index (κ2) is 9.09. The van der Waals surface area contributed by atoms with Crippen molar-refractivity contribution in [2.24, 2.45) is 0 Å². The van der Waals surface area contributed by atoms with Crippen LogP contribution in [0, 0.1) is 6.92 Å². The number of Topliss-reactive ketones (excluding diaryl/α,β-unsaturated/α-hetero) is 1. The number of fused-ring (bicyclic) bond motifs is 1. The Balaban J connectivity index is 1.34. The predicted molar refractivity (Wildman–Crippen MR) is 134 cm³/mol. The van der Waals surface area contributed by atoms with Crippen LogP contribution in [0.5, 0.6) is 11.5 Å². The van der Waals surface area contributed by atoms with Gasteiger partial charge in [0.2, 0.25) is 0 Å². The molecular weight excluding hydrogens is 484 g/mol. The summed E-state index contributed by atoms with van der Waals surface area (Å²) in [6.45, 7) is 2.63. The van der Waals surface area contributed by atoms with Crippen LogP contribution < -0.4 is 9.47 Å². The third-order valence-corrected chi connectivity index (χ3v) is 8.02. The number of hydrogen-bond donors (Lipinski definition) is 0. The summed E-state index contributed by atoms with van der Waals surface area (Å²) in [6.07, 6.45) is -0.411. The monoisotopic (exact) mass is 511 g/mol. The maximum atomic E-state index is 13.4. The Morgan fingerprint density at radius 2 is 1.64 bits per heavy atom. The Morgan fingerprint density at radius 3 is 2.31 bits per heavy atom. The molecule has 5 rings (SSSR count). The first-order valence-corrected chi connectivity index (χ1v) is 13.2. The molecule has 0 bridgehead atoms. The lowest BCUT2D eigenvalue weighted by Crippen LogP contribution is -2.26. The number of rotatable bonds is 8. The van der Waals surface area contributed by atoms with Crippen LogP contribution in [0.4, 0.5) is 8.78 Å². The van der Waals surface area contributed by atoms with Gasteiger partial charge in [0.15, 0.2) is 11.5 Å². The maximum Gasteiger partial charge on any atom is 0.586 e. The zero-order valence-electron chi connectivity index (χ0n) is 20.3. The molecule has 3 aromatic carbocycles. The largest absolute Gasteiger partial charge is 0.586 e. The standard InChI is InChI=1S/C28H27F2NO4S/c1-18-4-5-20(14-23(18)21-8-6-19(7-9-21)17-31(2)36(3)33)15-26(32)27(12-13-27)22-10-11-24-25(16-22)35-28(29,30)34-24/h4-11,14,16H,12-13,15,17H2,1-3H3. The van der Waals surface area contributed by atoms with E-state index in [2.05, 4.69) is 9.47 Å². The summed E-state index contributed by atoms with van der Waals surface area (Å²) in [5.41, 5.74) is 5.19. The molecule has 5 nitrogen and oxygen atoms in total. The van der Waals surface area contributed by atoms with E-state index in [4.69, 9.17) is 0 Å². The van der Waals surface area contributed by atoms with E-state index < -0.39 is 22.7 Å². The lowest BCUT2D eigenvalue weighted by atomic mass is 9.87. The Kier molecular flexibility index (Phi) is 6.21. The van der Waals surface area contributed by atoms with Gasteiger partial charge in [-0.1, -0.05) is 48.5 Å². The van der Waals surface area contributed by atoms with Gasteiger partial charge in [-0.3, -0.25) is 4.79 Å². The lowest BCUT2D eigenvalue weighted by molar-refractivity contribution is -0.286. The fraction of sp³-hybridized carbons (Fsp3) is 0.321. The quantitative estimate of drug-likeness (QED) is 0.398. The topological polar surface area (TPSA) is 55.8 Å². The molecule has 0 radical (unpaired) electrons. The SMILES string of the molecule is Cc1ccc(CC(=O)C2(c3ccc4c(c3)OC(F)(F)O4)CC2)cc1-c1ccc(CN(C)S(C)=O)cc1. The number of carbonyl (C=O) groups is 1. The molecule has 0 N–H and O–H groups in total. The number of carbonyl (C=O) groups excluding carboxylic acids is 1. The molecule has 1 atom stereocenters. The number of benzene rings is 3. The fourth-order valence-electron chi connectivity index (χ4n) is 4.68. The average Bonchev–Trinajstić information content (AvgIpc) is 3.58. The first kappa shape index (κ1) is 24.6. The second-order valence-electron chi connectivity index (χ2n) is 9.57. The molecule has 1 fully saturated rings. The summed E-state index contributed by atoms with van der Waals surface area (Å²) in [5.74, 6) is 0.0127. The highest BCUT2D eigenvalue weighted by Crippen LogP contribution is 2.52. The van der Waals surface area contributed by atoms with Crippen LogP contribution in [0.3, 0.4) is 0 Å². The number of nitrogens with zero attached hydrogens (tertiary/aromatic N) is 1. The van der Waals surface area contributed by atoms with E-state index in [1.54, 1.807) is 16.6 Å². The molecule has 0 saturated heterocycles. The zero-order chi connectivity index (χ0) is 25.7. The lowest BCUT2D eigenvalue weighted by Gasteiger charge is -2.16. The molecule has 0 spiro atoms. The minimum absolute atomic E-state index is 0.0178. The molecule has 188 valence electrons. The van der Waals surface area contributed by atoms with Crippen molar-refractivity contribution < 1.29 is 27.3 Å². The molecule has 1 saturated carbocycles. The number of aryl methyl sites for hydroxylation is 1. The van der Waals surface area contributed by atoms with E-state index >= 15 is 0 Å². The van der Waals surface area contributed by atoms with E-state index in [9.17, 15) is 17.8 Å². The van der Waals surface area contributed by atoms with Crippen molar-refractivity contribution in [3.8, 4) is 22.6 Å². The van der Waals surface area contributed by atoms with Crippen molar-refractivity contribution in [1.29, 1.82) is 0 Å². The summed E-state index contributed by atoms with van der Waals surface area (Å²) in [7, 11) is 0.790. The summed E-state index contributed by atoms with van der Waals surface area (Å²) in [6, 6.07) is 18.8. The molecule has 0 aromatic heterocycles. The maximum absolute atomic E-state index is 13.4. The molecule has 3 aromatic rings. The Hall–Kier alpha value is -3.10. The van der Waals surface area contributed by atoms with E-state index in [1.165, 1.54) is 12.1 Å². The smallest absolute Gasteiger partial charge is 0.395 e. The van der Waals surface area contributed by atoms with Gasteiger partial charge in [0.1, 0.15) is 5.78 Å². The van der Waals surface area contributed by atoms with E-state index in [1.807, 2.05) is 56.4 Å². The van der Waals surface area contributed by atoms with Crippen molar-refractivity contribution in [2.45, 2.75) is 44.4 Å². The van der Waals surface area contributed by atoms with Crippen LogP contribution in [0.25, 0.3) is 11.1 Å². The molecule has 0 amide bonds. The van der Waals surface area contributed by atoms with Crippen LogP contribution >= 0.6 is 0 Å². The highest BCUT2D eigenvalue weighted by molar-refractivity contribution is 7.81.